The number of benzene rings is 3. The van der Waals surface area contributed by atoms with Crippen LogP contribution in [-0.2, 0) is 13.0 Å². The number of aliphatic hydroxyl groups is 2. The summed E-state index contributed by atoms with van der Waals surface area (Å²) in [4.78, 5) is 4.77. The molecule has 4 heteroatoms. The number of rotatable bonds is 5. The molecule has 0 aliphatic heterocycles. The second-order valence-electron chi connectivity index (χ2n) is 6.28. The number of hydrogen-bond acceptors (Lipinski definition) is 3. The first-order chi connectivity index (χ1) is 12.3. The molecule has 25 heavy (non-hydrogen) atoms. The van der Waals surface area contributed by atoms with E-state index in [9.17, 15) is 10.2 Å². The Labute approximate surface area is 146 Å². The van der Waals surface area contributed by atoms with Gasteiger partial charge in [-0.2, -0.15) is 0 Å². The molecule has 0 bridgehead atoms. The van der Waals surface area contributed by atoms with Gasteiger partial charge in [-0.05, 0) is 28.5 Å². The van der Waals surface area contributed by atoms with E-state index >= 15 is 0 Å². The molecule has 0 spiro atoms. The summed E-state index contributed by atoms with van der Waals surface area (Å²) < 4.78 is 2.01. The topological polar surface area (TPSA) is 58.3 Å². The van der Waals surface area contributed by atoms with Crippen molar-refractivity contribution in [3.63, 3.8) is 0 Å². The third-order valence-electron chi connectivity index (χ3n) is 4.57. The molecule has 0 fully saturated rings. The molecule has 0 aliphatic rings. The summed E-state index contributed by atoms with van der Waals surface area (Å²) in [6, 6.07) is 22.5. The fourth-order valence-electron chi connectivity index (χ4n) is 3.35. The minimum atomic E-state index is -0.802. The third-order valence-corrected chi connectivity index (χ3v) is 4.57. The van der Waals surface area contributed by atoms with Crippen molar-refractivity contribution in [2.24, 2.45) is 0 Å². The van der Waals surface area contributed by atoms with E-state index in [1.807, 2.05) is 41.0 Å². The average Bonchev–Trinajstić information content (AvgIpc) is 2.99. The Morgan fingerprint density at radius 2 is 1.68 bits per heavy atom. The molecular formula is C21H20N2O2. The minimum Gasteiger partial charge on any atom is -0.394 e. The quantitative estimate of drug-likeness (QED) is 0.590. The predicted octanol–water partition coefficient (Wildman–Crippen LogP) is 3.13. The second kappa shape index (κ2) is 6.67. The first-order valence-electron chi connectivity index (χ1n) is 8.46. The van der Waals surface area contributed by atoms with Crippen molar-refractivity contribution < 1.29 is 10.2 Å². The van der Waals surface area contributed by atoms with Gasteiger partial charge in [0.05, 0.1) is 30.3 Å². The van der Waals surface area contributed by atoms with Gasteiger partial charge in [-0.1, -0.05) is 54.6 Å². The summed E-state index contributed by atoms with van der Waals surface area (Å²) in [7, 11) is 0. The Kier molecular flexibility index (Phi) is 4.22. The van der Waals surface area contributed by atoms with Gasteiger partial charge < -0.3 is 14.8 Å². The van der Waals surface area contributed by atoms with Crippen molar-refractivity contribution in [2.45, 2.75) is 19.1 Å². The number of aromatic nitrogens is 2. The SMILES string of the molecule is OC[C@H](O)Cn1c(Cc2cccc3ccccc23)nc2ccccc21. The number of imidazole rings is 1. The van der Waals surface area contributed by atoms with Crippen molar-refractivity contribution in [3.8, 4) is 0 Å². The van der Waals surface area contributed by atoms with Gasteiger partial charge in [0.1, 0.15) is 5.82 Å². The Morgan fingerprint density at radius 1 is 0.920 bits per heavy atom. The maximum absolute atomic E-state index is 9.95. The molecule has 4 rings (SSSR count). The fourth-order valence-corrected chi connectivity index (χ4v) is 3.35. The van der Waals surface area contributed by atoms with Gasteiger partial charge in [0.25, 0.3) is 0 Å². The van der Waals surface area contributed by atoms with Crippen LogP contribution in [0.4, 0.5) is 0 Å². The molecule has 4 aromatic rings. The molecule has 4 nitrogen and oxygen atoms in total. The zero-order valence-electron chi connectivity index (χ0n) is 13.8. The number of hydrogen-bond donors (Lipinski definition) is 2. The zero-order chi connectivity index (χ0) is 17.2. The maximum atomic E-state index is 9.95. The molecule has 0 saturated heterocycles. The third kappa shape index (κ3) is 3.02. The lowest BCUT2D eigenvalue weighted by atomic mass is 10.0. The Bertz CT molecular complexity index is 1020. The highest BCUT2D eigenvalue weighted by Crippen LogP contribution is 2.24. The minimum absolute atomic E-state index is 0.264. The van der Waals surface area contributed by atoms with Crippen LogP contribution in [0.5, 0.6) is 0 Å². The largest absolute Gasteiger partial charge is 0.394 e. The lowest BCUT2D eigenvalue weighted by molar-refractivity contribution is 0.0815. The normalized spacial score (nSPS) is 12.7. The van der Waals surface area contributed by atoms with Crippen LogP contribution in [-0.4, -0.2) is 32.5 Å². The van der Waals surface area contributed by atoms with Crippen molar-refractivity contribution in [1.82, 2.24) is 9.55 Å². The van der Waals surface area contributed by atoms with Gasteiger partial charge in [-0.3, -0.25) is 0 Å². The summed E-state index contributed by atoms with van der Waals surface area (Å²) in [5.74, 6) is 0.894. The van der Waals surface area contributed by atoms with Crippen molar-refractivity contribution in [1.29, 1.82) is 0 Å². The zero-order valence-corrected chi connectivity index (χ0v) is 13.8. The molecule has 0 saturated carbocycles. The molecule has 1 heterocycles. The van der Waals surface area contributed by atoms with E-state index in [-0.39, 0.29) is 6.61 Å². The molecule has 0 unspecified atom stereocenters. The lowest BCUT2D eigenvalue weighted by Crippen LogP contribution is -2.21. The molecule has 0 amide bonds. The van der Waals surface area contributed by atoms with Gasteiger partial charge >= 0.3 is 0 Å². The molecule has 126 valence electrons. The summed E-state index contributed by atoms with van der Waals surface area (Å²) in [5.41, 5.74) is 3.08. The van der Waals surface area contributed by atoms with Crippen molar-refractivity contribution >= 4 is 21.8 Å². The standard InChI is InChI=1S/C21H20N2O2/c24-14-17(25)13-23-20-11-4-3-10-19(20)22-21(23)12-16-8-5-7-15-6-1-2-9-18(15)16/h1-11,17,24-25H,12-14H2/t17-/m1/s1. The first-order valence-corrected chi connectivity index (χ1v) is 8.46. The monoisotopic (exact) mass is 332 g/mol. The Morgan fingerprint density at radius 3 is 2.56 bits per heavy atom. The number of para-hydroxylation sites is 2. The highest BCUT2D eigenvalue weighted by molar-refractivity contribution is 5.86. The molecular weight excluding hydrogens is 312 g/mol. The lowest BCUT2D eigenvalue weighted by Gasteiger charge is -2.13. The Hall–Kier alpha value is -2.69. The van der Waals surface area contributed by atoms with Crippen molar-refractivity contribution in [2.75, 3.05) is 6.61 Å². The molecule has 1 aromatic heterocycles. The highest BCUT2D eigenvalue weighted by atomic mass is 16.3. The van der Waals surface area contributed by atoms with Crippen LogP contribution in [0, 0.1) is 0 Å². The molecule has 2 N–H and O–H groups in total. The molecule has 1 atom stereocenters. The molecule has 0 radical (unpaired) electrons. The number of aliphatic hydroxyl groups excluding tert-OH is 2. The van der Waals surface area contributed by atoms with Crippen LogP contribution in [0.1, 0.15) is 11.4 Å². The van der Waals surface area contributed by atoms with E-state index in [0.717, 1.165) is 16.9 Å². The predicted molar refractivity (Wildman–Crippen MR) is 99.6 cm³/mol. The van der Waals surface area contributed by atoms with E-state index in [1.165, 1.54) is 16.3 Å². The van der Waals surface area contributed by atoms with E-state index < -0.39 is 6.10 Å². The van der Waals surface area contributed by atoms with Crippen LogP contribution in [0.2, 0.25) is 0 Å². The van der Waals surface area contributed by atoms with Crippen molar-refractivity contribution in [3.05, 3.63) is 78.1 Å². The fraction of sp³-hybridized carbons (Fsp3) is 0.190. The van der Waals surface area contributed by atoms with Crippen LogP contribution < -0.4 is 0 Å². The summed E-state index contributed by atoms with van der Waals surface area (Å²) in [6.07, 6.45) is -0.127. The number of fused-ring (bicyclic) bond motifs is 2. The first kappa shape index (κ1) is 15.8. The molecule has 0 aliphatic carbocycles. The summed E-state index contributed by atoms with van der Waals surface area (Å²) in [5, 5.41) is 21.6. The van der Waals surface area contributed by atoms with E-state index in [4.69, 9.17) is 4.98 Å². The van der Waals surface area contributed by atoms with Gasteiger partial charge in [0.2, 0.25) is 0 Å². The highest BCUT2D eigenvalue weighted by Gasteiger charge is 2.15. The van der Waals surface area contributed by atoms with Crippen LogP contribution in [0.15, 0.2) is 66.7 Å². The number of nitrogens with zero attached hydrogens (tertiary/aromatic N) is 2. The smallest absolute Gasteiger partial charge is 0.114 e. The van der Waals surface area contributed by atoms with E-state index in [0.29, 0.717) is 13.0 Å². The van der Waals surface area contributed by atoms with Crippen LogP contribution >= 0.6 is 0 Å². The second-order valence-corrected chi connectivity index (χ2v) is 6.28. The molecule has 3 aromatic carbocycles. The van der Waals surface area contributed by atoms with Crippen LogP contribution in [0.25, 0.3) is 21.8 Å². The van der Waals surface area contributed by atoms with Crippen LogP contribution in [0.3, 0.4) is 0 Å². The van der Waals surface area contributed by atoms with Gasteiger partial charge in [-0.25, -0.2) is 4.98 Å². The van der Waals surface area contributed by atoms with E-state index in [1.54, 1.807) is 0 Å². The van der Waals surface area contributed by atoms with E-state index in [2.05, 4.69) is 30.3 Å². The van der Waals surface area contributed by atoms with Gasteiger partial charge in [-0.15, -0.1) is 0 Å². The van der Waals surface area contributed by atoms with Gasteiger partial charge in [0, 0.05) is 6.42 Å². The Balaban J connectivity index is 1.81. The summed E-state index contributed by atoms with van der Waals surface area (Å²) >= 11 is 0. The summed E-state index contributed by atoms with van der Waals surface area (Å²) in [6.45, 7) is 0.0668. The average molecular weight is 332 g/mol. The maximum Gasteiger partial charge on any atom is 0.114 e. The van der Waals surface area contributed by atoms with Gasteiger partial charge in [0.15, 0.2) is 0 Å².